The molecule has 0 saturated carbocycles. The minimum absolute atomic E-state index is 0.172. The zero-order valence-corrected chi connectivity index (χ0v) is 15.7. The standard InChI is InChI=1S/C18H17BrFN5O/c1-24(16-10-9-14(19)12-15(16)20)17(26)8-5-11-25-22-18(21-23-25)13-6-3-2-4-7-13/h2-4,6-7,9-10,12H,5,8,11H2,1H3. The van der Waals surface area contributed by atoms with Crippen LogP contribution >= 0.6 is 15.9 Å². The minimum Gasteiger partial charge on any atom is -0.313 e. The molecule has 1 amide bonds. The Hall–Kier alpha value is -2.61. The summed E-state index contributed by atoms with van der Waals surface area (Å²) in [5, 5.41) is 12.3. The third kappa shape index (κ3) is 4.32. The first-order chi connectivity index (χ1) is 12.5. The van der Waals surface area contributed by atoms with Crippen LogP contribution in [-0.4, -0.2) is 33.2 Å². The van der Waals surface area contributed by atoms with Crippen LogP contribution in [0.5, 0.6) is 0 Å². The molecule has 0 spiro atoms. The maximum atomic E-state index is 14.0. The van der Waals surface area contributed by atoms with Crippen LogP contribution in [0.4, 0.5) is 10.1 Å². The van der Waals surface area contributed by atoms with E-state index in [0.717, 1.165) is 5.56 Å². The number of tetrazole rings is 1. The second-order valence-corrected chi connectivity index (χ2v) is 6.64. The second kappa shape index (κ2) is 8.18. The Labute approximate surface area is 158 Å². The molecule has 0 aliphatic heterocycles. The summed E-state index contributed by atoms with van der Waals surface area (Å²) in [6.07, 6.45) is 0.792. The van der Waals surface area contributed by atoms with Crippen molar-refractivity contribution >= 4 is 27.5 Å². The summed E-state index contributed by atoms with van der Waals surface area (Å²) in [6.45, 7) is 0.461. The molecular weight excluding hydrogens is 401 g/mol. The fourth-order valence-electron chi connectivity index (χ4n) is 2.47. The van der Waals surface area contributed by atoms with Gasteiger partial charge in [0, 0.05) is 23.5 Å². The molecule has 0 N–H and O–H groups in total. The van der Waals surface area contributed by atoms with E-state index in [1.807, 2.05) is 30.3 Å². The molecule has 6 nitrogen and oxygen atoms in total. The third-order valence-electron chi connectivity index (χ3n) is 3.88. The largest absolute Gasteiger partial charge is 0.313 e. The highest BCUT2D eigenvalue weighted by molar-refractivity contribution is 9.10. The first-order valence-corrected chi connectivity index (χ1v) is 8.89. The number of aromatic nitrogens is 4. The number of carbonyl (C=O) groups is 1. The number of halogens is 2. The summed E-state index contributed by atoms with van der Waals surface area (Å²) in [5.74, 6) is -0.0683. The zero-order chi connectivity index (χ0) is 18.5. The SMILES string of the molecule is CN(C(=O)CCCn1nnc(-c2ccccc2)n1)c1ccc(Br)cc1F. The molecule has 0 aliphatic rings. The van der Waals surface area contributed by atoms with Crippen LogP contribution in [0.2, 0.25) is 0 Å². The van der Waals surface area contributed by atoms with E-state index in [-0.39, 0.29) is 18.0 Å². The van der Waals surface area contributed by atoms with E-state index < -0.39 is 5.82 Å². The van der Waals surface area contributed by atoms with Gasteiger partial charge in [-0.2, -0.15) is 4.80 Å². The minimum atomic E-state index is -0.444. The van der Waals surface area contributed by atoms with Gasteiger partial charge in [-0.25, -0.2) is 4.39 Å². The average Bonchev–Trinajstić information content (AvgIpc) is 3.11. The lowest BCUT2D eigenvalue weighted by molar-refractivity contribution is -0.118. The van der Waals surface area contributed by atoms with Crippen LogP contribution in [0.15, 0.2) is 53.0 Å². The smallest absolute Gasteiger partial charge is 0.226 e. The normalized spacial score (nSPS) is 10.7. The Balaban J connectivity index is 1.54. The van der Waals surface area contributed by atoms with Crippen LogP contribution in [0, 0.1) is 5.82 Å². The van der Waals surface area contributed by atoms with E-state index in [1.165, 1.54) is 15.8 Å². The van der Waals surface area contributed by atoms with Crippen molar-refractivity contribution in [3.05, 3.63) is 58.8 Å². The van der Waals surface area contributed by atoms with Crippen LogP contribution in [0.3, 0.4) is 0 Å². The van der Waals surface area contributed by atoms with Crippen molar-refractivity contribution in [2.24, 2.45) is 0 Å². The maximum Gasteiger partial charge on any atom is 0.226 e. The molecule has 0 bridgehead atoms. The van der Waals surface area contributed by atoms with Crippen LogP contribution < -0.4 is 4.90 Å². The highest BCUT2D eigenvalue weighted by Gasteiger charge is 2.15. The monoisotopic (exact) mass is 417 g/mol. The number of rotatable bonds is 6. The molecule has 0 radical (unpaired) electrons. The molecule has 1 aromatic heterocycles. The lowest BCUT2D eigenvalue weighted by atomic mass is 10.2. The Morgan fingerprint density at radius 3 is 2.73 bits per heavy atom. The van der Waals surface area contributed by atoms with Crippen molar-refractivity contribution in [1.82, 2.24) is 20.2 Å². The molecule has 1 heterocycles. The molecule has 134 valence electrons. The van der Waals surface area contributed by atoms with Crippen molar-refractivity contribution in [2.75, 3.05) is 11.9 Å². The van der Waals surface area contributed by atoms with Gasteiger partial charge in [0.1, 0.15) is 5.82 Å². The number of aryl methyl sites for hydroxylation is 1. The molecule has 8 heteroatoms. The highest BCUT2D eigenvalue weighted by atomic mass is 79.9. The van der Waals surface area contributed by atoms with Gasteiger partial charge in [-0.15, -0.1) is 10.2 Å². The first-order valence-electron chi connectivity index (χ1n) is 8.09. The van der Waals surface area contributed by atoms with E-state index >= 15 is 0 Å². The Morgan fingerprint density at radius 2 is 2.00 bits per heavy atom. The number of benzene rings is 2. The van der Waals surface area contributed by atoms with Crippen LogP contribution in [0.1, 0.15) is 12.8 Å². The molecular formula is C18H17BrFN5O. The van der Waals surface area contributed by atoms with Gasteiger partial charge in [-0.1, -0.05) is 46.3 Å². The number of hydrogen-bond acceptors (Lipinski definition) is 4. The van der Waals surface area contributed by atoms with Gasteiger partial charge in [0.15, 0.2) is 0 Å². The molecule has 0 unspecified atom stereocenters. The zero-order valence-electron chi connectivity index (χ0n) is 14.1. The third-order valence-corrected chi connectivity index (χ3v) is 4.37. The number of hydrogen-bond donors (Lipinski definition) is 0. The summed E-state index contributed by atoms with van der Waals surface area (Å²) in [5.41, 5.74) is 1.14. The number of carbonyl (C=O) groups excluding carboxylic acids is 1. The predicted molar refractivity (Wildman–Crippen MR) is 100.0 cm³/mol. The molecule has 3 aromatic rings. The van der Waals surface area contributed by atoms with E-state index in [1.54, 1.807) is 19.2 Å². The topological polar surface area (TPSA) is 63.9 Å². The van der Waals surface area contributed by atoms with Gasteiger partial charge in [0.05, 0.1) is 12.2 Å². The summed E-state index contributed by atoms with van der Waals surface area (Å²) < 4.78 is 14.6. The molecule has 0 fully saturated rings. The highest BCUT2D eigenvalue weighted by Crippen LogP contribution is 2.23. The Morgan fingerprint density at radius 1 is 1.23 bits per heavy atom. The summed E-state index contributed by atoms with van der Waals surface area (Å²) >= 11 is 3.20. The Kier molecular flexibility index (Phi) is 5.72. The quantitative estimate of drug-likeness (QED) is 0.613. The van der Waals surface area contributed by atoms with Crippen molar-refractivity contribution in [2.45, 2.75) is 19.4 Å². The maximum absolute atomic E-state index is 14.0. The van der Waals surface area contributed by atoms with Crippen molar-refractivity contribution in [3.8, 4) is 11.4 Å². The number of anilines is 1. The first kappa shape index (κ1) is 18.2. The number of amides is 1. The lowest BCUT2D eigenvalue weighted by Gasteiger charge is -2.18. The number of nitrogens with zero attached hydrogens (tertiary/aromatic N) is 5. The summed E-state index contributed by atoms with van der Waals surface area (Å²) in [6, 6.07) is 14.2. The molecule has 2 aromatic carbocycles. The van der Waals surface area contributed by atoms with Crippen molar-refractivity contribution in [3.63, 3.8) is 0 Å². The van der Waals surface area contributed by atoms with Gasteiger partial charge in [0.2, 0.25) is 11.7 Å². The fourth-order valence-corrected chi connectivity index (χ4v) is 2.80. The van der Waals surface area contributed by atoms with E-state index in [4.69, 9.17) is 0 Å². The molecule has 0 saturated heterocycles. The molecule has 0 atom stereocenters. The summed E-state index contributed by atoms with van der Waals surface area (Å²) in [4.78, 5) is 15.1. The van der Waals surface area contributed by atoms with E-state index in [9.17, 15) is 9.18 Å². The van der Waals surface area contributed by atoms with Gasteiger partial charge in [0.25, 0.3) is 0 Å². The average molecular weight is 418 g/mol. The van der Waals surface area contributed by atoms with E-state index in [0.29, 0.717) is 23.3 Å². The summed E-state index contributed by atoms with van der Waals surface area (Å²) in [7, 11) is 1.57. The van der Waals surface area contributed by atoms with Gasteiger partial charge in [-0.05, 0) is 29.8 Å². The van der Waals surface area contributed by atoms with Gasteiger partial charge in [-0.3, -0.25) is 4.79 Å². The van der Waals surface area contributed by atoms with E-state index in [2.05, 4.69) is 31.3 Å². The fraction of sp³-hybridized carbons (Fsp3) is 0.222. The van der Waals surface area contributed by atoms with Gasteiger partial charge < -0.3 is 4.90 Å². The molecule has 0 aliphatic carbocycles. The Bertz CT molecular complexity index is 900. The van der Waals surface area contributed by atoms with Crippen molar-refractivity contribution < 1.29 is 9.18 Å². The molecule has 26 heavy (non-hydrogen) atoms. The second-order valence-electron chi connectivity index (χ2n) is 5.73. The lowest BCUT2D eigenvalue weighted by Crippen LogP contribution is -2.27. The van der Waals surface area contributed by atoms with Gasteiger partial charge >= 0.3 is 0 Å². The van der Waals surface area contributed by atoms with Crippen LogP contribution in [0.25, 0.3) is 11.4 Å². The van der Waals surface area contributed by atoms with Crippen LogP contribution in [-0.2, 0) is 11.3 Å². The molecule has 3 rings (SSSR count). The van der Waals surface area contributed by atoms with Crippen molar-refractivity contribution in [1.29, 1.82) is 0 Å². The predicted octanol–water partition coefficient (Wildman–Crippen LogP) is 3.68.